The number of hydrogen-bond acceptors (Lipinski definition) is 3. The molecule has 1 unspecified atom stereocenters. The van der Waals surface area contributed by atoms with Crippen molar-refractivity contribution in [1.82, 2.24) is 4.90 Å². The predicted octanol–water partition coefficient (Wildman–Crippen LogP) is 2.48. The first kappa shape index (κ1) is 14.5. The lowest BCUT2D eigenvalue weighted by atomic mass is 9.84. The molecule has 0 amide bonds. The maximum atomic E-state index is 10.8. The Morgan fingerprint density at radius 1 is 1.14 bits per heavy atom. The van der Waals surface area contributed by atoms with Gasteiger partial charge in [0.15, 0.2) is 0 Å². The summed E-state index contributed by atoms with van der Waals surface area (Å²) < 4.78 is 5.36. The summed E-state index contributed by atoms with van der Waals surface area (Å²) in [6, 6.07) is 10.3. The fourth-order valence-corrected chi connectivity index (χ4v) is 2.99. The first-order valence-corrected chi connectivity index (χ1v) is 7.72. The number of nitrogens with zero attached hydrogens (tertiary/aromatic N) is 1. The molecule has 2 aliphatic rings. The third kappa shape index (κ3) is 3.82. The molecule has 0 aromatic heterocycles. The average molecular weight is 285 g/mol. The van der Waals surface area contributed by atoms with E-state index in [9.17, 15) is 5.11 Å². The van der Waals surface area contributed by atoms with Crippen LogP contribution in [0.1, 0.15) is 18.4 Å². The summed E-state index contributed by atoms with van der Waals surface area (Å²) in [6.07, 6.45) is 7.51. The molecule has 1 fully saturated rings. The number of morpholine rings is 1. The van der Waals surface area contributed by atoms with E-state index in [2.05, 4.69) is 23.1 Å². The van der Waals surface area contributed by atoms with Crippen LogP contribution in [0.25, 0.3) is 5.57 Å². The number of allylic oxidation sites excluding steroid dienone is 2. The molecular weight excluding hydrogens is 262 g/mol. The van der Waals surface area contributed by atoms with Gasteiger partial charge in [-0.15, -0.1) is 0 Å². The van der Waals surface area contributed by atoms with E-state index >= 15 is 0 Å². The molecule has 21 heavy (non-hydrogen) atoms. The predicted molar refractivity (Wildman–Crippen MR) is 85.0 cm³/mol. The standard InChI is InChI=1S/C18H23NO2/c20-18(9-10-19-11-13-21-14-12-19)8-4-7-17(15-18)16-5-2-1-3-6-16/h1-8,20H,9-15H2. The average Bonchev–Trinajstić information content (AvgIpc) is 2.55. The van der Waals surface area contributed by atoms with Gasteiger partial charge in [0.25, 0.3) is 0 Å². The highest BCUT2D eigenvalue weighted by Crippen LogP contribution is 2.32. The molecule has 3 nitrogen and oxygen atoms in total. The quantitative estimate of drug-likeness (QED) is 0.922. The number of ether oxygens (including phenoxy) is 1. The van der Waals surface area contributed by atoms with Crippen LogP contribution < -0.4 is 0 Å². The highest BCUT2D eigenvalue weighted by Gasteiger charge is 2.28. The van der Waals surface area contributed by atoms with Crippen LogP contribution in [-0.2, 0) is 4.74 Å². The number of aliphatic hydroxyl groups is 1. The molecule has 112 valence electrons. The molecule has 0 spiro atoms. The molecular formula is C18H23NO2. The number of hydrogen-bond donors (Lipinski definition) is 1. The fraction of sp³-hybridized carbons (Fsp3) is 0.444. The van der Waals surface area contributed by atoms with Gasteiger partial charge in [-0.2, -0.15) is 0 Å². The normalized spacial score (nSPS) is 26.6. The maximum absolute atomic E-state index is 10.8. The smallest absolute Gasteiger partial charge is 0.0883 e. The molecule has 1 aliphatic carbocycles. The summed E-state index contributed by atoms with van der Waals surface area (Å²) in [5.41, 5.74) is 1.69. The van der Waals surface area contributed by atoms with Crippen molar-refractivity contribution < 1.29 is 9.84 Å². The summed E-state index contributed by atoms with van der Waals surface area (Å²) in [5.74, 6) is 0. The second-order valence-corrected chi connectivity index (χ2v) is 5.90. The second-order valence-electron chi connectivity index (χ2n) is 5.90. The highest BCUT2D eigenvalue weighted by molar-refractivity contribution is 5.69. The summed E-state index contributed by atoms with van der Waals surface area (Å²) in [5, 5.41) is 10.8. The highest BCUT2D eigenvalue weighted by atomic mass is 16.5. The second kappa shape index (κ2) is 6.56. The molecule has 1 heterocycles. The van der Waals surface area contributed by atoms with Crippen molar-refractivity contribution in [3.05, 3.63) is 54.1 Å². The van der Waals surface area contributed by atoms with Gasteiger partial charge in [0, 0.05) is 26.1 Å². The molecule has 1 N–H and O–H groups in total. The van der Waals surface area contributed by atoms with Crippen molar-refractivity contribution in [2.45, 2.75) is 18.4 Å². The van der Waals surface area contributed by atoms with E-state index in [4.69, 9.17) is 4.74 Å². The molecule has 1 saturated heterocycles. The van der Waals surface area contributed by atoms with Crippen LogP contribution in [-0.4, -0.2) is 48.5 Å². The van der Waals surface area contributed by atoms with E-state index < -0.39 is 5.60 Å². The minimum atomic E-state index is -0.724. The van der Waals surface area contributed by atoms with E-state index in [0.717, 1.165) is 39.3 Å². The SMILES string of the molecule is OC1(CCN2CCOCC2)C=CC=C(c2ccccc2)C1. The Morgan fingerprint density at radius 3 is 2.67 bits per heavy atom. The monoisotopic (exact) mass is 285 g/mol. The van der Waals surface area contributed by atoms with E-state index in [1.165, 1.54) is 11.1 Å². The molecule has 0 saturated carbocycles. The minimum absolute atomic E-state index is 0.692. The van der Waals surface area contributed by atoms with Gasteiger partial charge >= 0.3 is 0 Å². The summed E-state index contributed by atoms with van der Waals surface area (Å²) >= 11 is 0. The Kier molecular flexibility index (Phi) is 4.54. The van der Waals surface area contributed by atoms with Crippen LogP contribution in [0.5, 0.6) is 0 Å². The van der Waals surface area contributed by atoms with Gasteiger partial charge in [0.1, 0.15) is 0 Å². The van der Waals surface area contributed by atoms with E-state index in [0.29, 0.717) is 6.42 Å². The molecule has 1 atom stereocenters. The van der Waals surface area contributed by atoms with Crippen molar-refractivity contribution in [3.63, 3.8) is 0 Å². The fourth-order valence-electron chi connectivity index (χ4n) is 2.99. The first-order valence-electron chi connectivity index (χ1n) is 7.72. The Labute approximate surface area is 126 Å². The van der Waals surface area contributed by atoms with Crippen molar-refractivity contribution in [2.24, 2.45) is 0 Å². The molecule has 3 heteroatoms. The van der Waals surface area contributed by atoms with Crippen molar-refractivity contribution in [2.75, 3.05) is 32.8 Å². The molecule has 1 aliphatic heterocycles. The van der Waals surface area contributed by atoms with E-state index in [1.807, 2.05) is 30.4 Å². The van der Waals surface area contributed by atoms with Gasteiger partial charge in [-0.1, -0.05) is 48.6 Å². The lowest BCUT2D eigenvalue weighted by Gasteiger charge is -2.33. The summed E-state index contributed by atoms with van der Waals surface area (Å²) in [7, 11) is 0. The Hall–Kier alpha value is -1.42. The third-order valence-electron chi connectivity index (χ3n) is 4.31. The Morgan fingerprint density at radius 2 is 1.90 bits per heavy atom. The van der Waals surface area contributed by atoms with Crippen LogP contribution in [0, 0.1) is 0 Å². The number of rotatable bonds is 4. The zero-order chi connectivity index (χ0) is 14.5. The molecule has 0 radical (unpaired) electrons. The minimum Gasteiger partial charge on any atom is -0.385 e. The van der Waals surface area contributed by atoms with Gasteiger partial charge < -0.3 is 9.84 Å². The van der Waals surface area contributed by atoms with E-state index in [-0.39, 0.29) is 0 Å². The van der Waals surface area contributed by atoms with Crippen molar-refractivity contribution in [1.29, 1.82) is 0 Å². The zero-order valence-electron chi connectivity index (χ0n) is 12.4. The largest absolute Gasteiger partial charge is 0.385 e. The summed E-state index contributed by atoms with van der Waals surface area (Å²) in [4.78, 5) is 2.37. The van der Waals surface area contributed by atoms with Gasteiger partial charge in [0.05, 0.1) is 18.8 Å². The topological polar surface area (TPSA) is 32.7 Å². The molecule has 3 rings (SSSR count). The van der Waals surface area contributed by atoms with Crippen LogP contribution >= 0.6 is 0 Å². The van der Waals surface area contributed by atoms with E-state index in [1.54, 1.807) is 0 Å². The van der Waals surface area contributed by atoms with Crippen LogP contribution in [0.4, 0.5) is 0 Å². The molecule has 1 aromatic rings. The molecule has 0 bridgehead atoms. The van der Waals surface area contributed by atoms with Gasteiger partial charge in [0.2, 0.25) is 0 Å². The van der Waals surface area contributed by atoms with Crippen molar-refractivity contribution in [3.8, 4) is 0 Å². The van der Waals surface area contributed by atoms with Crippen LogP contribution in [0.2, 0.25) is 0 Å². The lowest BCUT2D eigenvalue weighted by Crippen LogP contribution is -2.40. The maximum Gasteiger partial charge on any atom is 0.0883 e. The van der Waals surface area contributed by atoms with Gasteiger partial charge in [-0.25, -0.2) is 0 Å². The van der Waals surface area contributed by atoms with Crippen LogP contribution in [0.15, 0.2) is 48.6 Å². The Bertz CT molecular complexity index is 517. The Balaban J connectivity index is 1.61. The first-order chi connectivity index (χ1) is 10.3. The lowest BCUT2D eigenvalue weighted by molar-refractivity contribution is 0.0190. The van der Waals surface area contributed by atoms with Crippen LogP contribution in [0.3, 0.4) is 0 Å². The third-order valence-corrected chi connectivity index (χ3v) is 4.31. The van der Waals surface area contributed by atoms with Crippen molar-refractivity contribution >= 4 is 5.57 Å². The molecule has 1 aromatic carbocycles. The zero-order valence-corrected chi connectivity index (χ0v) is 12.4. The summed E-state index contributed by atoms with van der Waals surface area (Å²) in [6.45, 7) is 4.49. The van der Waals surface area contributed by atoms with Gasteiger partial charge in [-0.3, -0.25) is 4.90 Å². The van der Waals surface area contributed by atoms with Gasteiger partial charge in [-0.05, 0) is 17.6 Å². The number of benzene rings is 1.